The third-order valence-electron chi connectivity index (χ3n) is 6.43. The Balaban J connectivity index is 1.18. The summed E-state index contributed by atoms with van der Waals surface area (Å²) < 4.78 is 0. The van der Waals surface area contributed by atoms with E-state index in [9.17, 15) is 14.4 Å². The van der Waals surface area contributed by atoms with E-state index in [1.54, 1.807) is 29.2 Å². The maximum absolute atomic E-state index is 12.9. The summed E-state index contributed by atoms with van der Waals surface area (Å²) in [6, 6.07) is 20.7. The van der Waals surface area contributed by atoms with Crippen LogP contribution in [0.15, 0.2) is 66.7 Å². The Labute approximate surface area is 192 Å². The van der Waals surface area contributed by atoms with Gasteiger partial charge in [0.1, 0.15) is 6.04 Å². The number of anilines is 1. The molecule has 2 aliphatic rings. The molecule has 2 heterocycles. The van der Waals surface area contributed by atoms with E-state index in [4.69, 9.17) is 0 Å². The quantitative estimate of drug-likeness (QED) is 0.651. The Hall–Kier alpha value is -3.71. The van der Waals surface area contributed by atoms with E-state index in [1.807, 2.05) is 6.07 Å². The van der Waals surface area contributed by atoms with Crippen LogP contribution < -0.4 is 10.6 Å². The zero-order valence-electron chi connectivity index (χ0n) is 18.3. The average molecular weight is 443 g/mol. The molecule has 0 radical (unpaired) electrons. The molecule has 168 valence electrons. The first-order chi connectivity index (χ1) is 16.1. The minimum Gasteiger partial charge on any atom is -0.340 e. The highest BCUT2D eigenvalue weighted by atomic mass is 16.2. The number of carbonyl (C=O) groups excluding carboxylic acids is 3. The molecule has 0 spiro atoms. The SMILES string of the molecule is O=C1N[C@H](CC(=O)N2CCN(Cc3cccc4ccccc34)CC2)C(=O)Nc2ccccc21. The molecule has 1 saturated heterocycles. The van der Waals surface area contributed by atoms with Crippen LogP contribution in [-0.2, 0) is 16.1 Å². The topological polar surface area (TPSA) is 81.8 Å². The van der Waals surface area contributed by atoms with E-state index < -0.39 is 6.04 Å². The summed E-state index contributed by atoms with van der Waals surface area (Å²) in [5.41, 5.74) is 2.16. The Morgan fingerprint density at radius 3 is 2.45 bits per heavy atom. The van der Waals surface area contributed by atoms with Crippen molar-refractivity contribution < 1.29 is 14.4 Å². The van der Waals surface area contributed by atoms with Crippen molar-refractivity contribution in [2.75, 3.05) is 31.5 Å². The molecule has 7 heteroatoms. The molecular weight excluding hydrogens is 416 g/mol. The Kier molecular flexibility index (Phi) is 5.79. The third kappa shape index (κ3) is 4.45. The Bertz CT molecular complexity index is 1210. The van der Waals surface area contributed by atoms with Gasteiger partial charge in [0.25, 0.3) is 5.91 Å². The number of fused-ring (bicyclic) bond motifs is 2. The number of piperazine rings is 1. The van der Waals surface area contributed by atoms with Crippen LogP contribution in [0.3, 0.4) is 0 Å². The van der Waals surface area contributed by atoms with E-state index in [2.05, 4.69) is 51.9 Å². The van der Waals surface area contributed by atoms with Crippen LogP contribution in [0.5, 0.6) is 0 Å². The molecule has 0 aliphatic carbocycles. The lowest BCUT2D eigenvalue weighted by Crippen LogP contribution is -2.51. The van der Waals surface area contributed by atoms with Crippen molar-refractivity contribution in [1.29, 1.82) is 0 Å². The van der Waals surface area contributed by atoms with Crippen molar-refractivity contribution in [2.45, 2.75) is 19.0 Å². The molecule has 0 saturated carbocycles. The number of nitrogens with zero attached hydrogens (tertiary/aromatic N) is 2. The van der Waals surface area contributed by atoms with Crippen molar-refractivity contribution in [2.24, 2.45) is 0 Å². The van der Waals surface area contributed by atoms with Gasteiger partial charge in [0, 0.05) is 32.7 Å². The number of nitrogens with one attached hydrogen (secondary N) is 2. The summed E-state index contributed by atoms with van der Waals surface area (Å²) in [7, 11) is 0. The lowest BCUT2D eigenvalue weighted by molar-refractivity contribution is -0.135. The van der Waals surface area contributed by atoms with E-state index >= 15 is 0 Å². The summed E-state index contributed by atoms with van der Waals surface area (Å²) >= 11 is 0. The second-order valence-electron chi connectivity index (χ2n) is 8.56. The number of benzene rings is 3. The predicted molar refractivity (Wildman–Crippen MR) is 127 cm³/mol. The fourth-order valence-electron chi connectivity index (χ4n) is 4.59. The predicted octanol–water partition coefficient (Wildman–Crippen LogP) is 2.62. The van der Waals surface area contributed by atoms with Crippen molar-refractivity contribution in [3.63, 3.8) is 0 Å². The number of para-hydroxylation sites is 1. The molecule has 0 aromatic heterocycles. The maximum atomic E-state index is 12.9. The first kappa shape index (κ1) is 21.2. The van der Waals surface area contributed by atoms with Crippen molar-refractivity contribution in [3.8, 4) is 0 Å². The molecule has 3 aromatic rings. The molecule has 5 rings (SSSR count). The van der Waals surface area contributed by atoms with E-state index in [0.717, 1.165) is 19.6 Å². The molecule has 0 bridgehead atoms. The lowest BCUT2D eigenvalue weighted by Gasteiger charge is -2.35. The van der Waals surface area contributed by atoms with Gasteiger partial charge in [0.05, 0.1) is 17.7 Å². The number of hydrogen-bond donors (Lipinski definition) is 2. The monoisotopic (exact) mass is 442 g/mol. The molecule has 3 aromatic carbocycles. The van der Waals surface area contributed by atoms with E-state index in [1.165, 1.54) is 16.3 Å². The Morgan fingerprint density at radius 2 is 1.61 bits per heavy atom. The summed E-state index contributed by atoms with van der Waals surface area (Å²) in [6.07, 6.45) is -0.0467. The van der Waals surface area contributed by atoms with Crippen LogP contribution in [0, 0.1) is 0 Å². The van der Waals surface area contributed by atoms with Gasteiger partial charge in [-0.2, -0.15) is 0 Å². The van der Waals surface area contributed by atoms with Crippen LogP contribution in [0.2, 0.25) is 0 Å². The molecule has 0 unspecified atom stereocenters. The number of amides is 3. The normalized spacial score (nSPS) is 18.9. The van der Waals surface area contributed by atoms with Crippen LogP contribution in [-0.4, -0.2) is 59.7 Å². The molecule has 2 N–H and O–H groups in total. The highest BCUT2D eigenvalue weighted by Crippen LogP contribution is 2.22. The first-order valence-corrected chi connectivity index (χ1v) is 11.3. The van der Waals surface area contributed by atoms with Crippen LogP contribution in [0.1, 0.15) is 22.3 Å². The van der Waals surface area contributed by atoms with Crippen LogP contribution in [0.4, 0.5) is 5.69 Å². The smallest absolute Gasteiger partial charge is 0.254 e. The lowest BCUT2D eigenvalue weighted by atomic mass is 10.0. The molecule has 2 aliphatic heterocycles. The van der Waals surface area contributed by atoms with Crippen molar-refractivity contribution in [1.82, 2.24) is 15.1 Å². The van der Waals surface area contributed by atoms with Crippen LogP contribution >= 0.6 is 0 Å². The summed E-state index contributed by atoms with van der Waals surface area (Å²) in [5, 5.41) is 7.95. The molecule has 7 nitrogen and oxygen atoms in total. The van der Waals surface area contributed by atoms with E-state index in [0.29, 0.717) is 24.3 Å². The van der Waals surface area contributed by atoms with Gasteiger partial charge in [-0.25, -0.2) is 0 Å². The Morgan fingerprint density at radius 1 is 0.879 bits per heavy atom. The van der Waals surface area contributed by atoms with Crippen molar-refractivity contribution in [3.05, 3.63) is 77.9 Å². The molecule has 3 amide bonds. The minimum atomic E-state index is -0.883. The average Bonchev–Trinajstić information content (AvgIpc) is 2.95. The fourth-order valence-corrected chi connectivity index (χ4v) is 4.59. The number of hydrogen-bond acceptors (Lipinski definition) is 4. The van der Waals surface area contributed by atoms with Gasteiger partial charge in [0.2, 0.25) is 11.8 Å². The molecule has 33 heavy (non-hydrogen) atoms. The summed E-state index contributed by atoms with van der Waals surface area (Å²) in [5.74, 6) is -0.830. The molecule has 1 fully saturated rings. The van der Waals surface area contributed by atoms with Gasteiger partial charge in [-0.15, -0.1) is 0 Å². The van der Waals surface area contributed by atoms with Gasteiger partial charge < -0.3 is 15.5 Å². The van der Waals surface area contributed by atoms with Gasteiger partial charge in [0.15, 0.2) is 0 Å². The molecule has 1 atom stereocenters. The van der Waals surface area contributed by atoms with Gasteiger partial charge in [-0.05, 0) is 28.5 Å². The second kappa shape index (κ2) is 9.03. The highest BCUT2D eigenvalue weighted by molar-refractivity contribution is 6.10. The molecular formula is C26H26N4O3. The largest absolute Gasteiger partial charge is 0.340 e. The van der Waals surface area contributed by atoms with Crippen molar-refractivity contribution >= 4 is 34.2 Å². The first-order valence-electron chi connectivity index (χ1n) is 11.3. The zero-order chi connectivity index (χ0) is 22.8. The second-order valence-corrected chi connectivity index (χ2v) is 8.56. The van der Waals surface area contributed by atoms with Crippen LogP contribution in [0.25, 0.3) is 10.8 Å². The third-order valence-corrected chi connectivity index (χ3v) is 6.43. The number of rotatable bonds is 4. The summed E-state index contributed by atoms with van der Waals surface area (Å²) in [4.78, 5) is 42.2. The maximum Gasteiger partial charge on any atom is 0.254 e. The minimum absolute atomic E-state index is 0.0467. The summed E-state index contributed by atoms with van der Waals surface area (Å²) in [6.45, 7) is 3.58. The van der Waals surface area contributed by atoms with Gasteiger partial charge in [-0.1, -0.05) is 54.6 Å². The van der Waals surface area contributed by atoms with Gasteiger partial charge >= 0.3 is 0 Å². The standard InChI is InChI=1S/C26H26N4O3/c31-24(16-23-26(33)27-22-11-4-3-10-21(22)25(32)28-23)30-14-12-29(13-15-30)17-19-8-5-7-18-6-1-2-9-20(18)19/h1-11,23H,12-17H2,(H,27,33)(H,28,32)/t23-/m1/s1. The highest BCUT2D eigenvalue weighted by Gasteiger charge is 2.31. The van der Waals surface area contributed by atoms with E-state index in [-0.39, 0.29) is 24.1 Å². The fraction of sp³-hybridized carbons (Fsp3) is 0.269. The zero-order valence-corrected chi connectivity index (χ0v) is 18.3. The van der Waals surface area contributed by atoms with Gasteiger partial charge in [-0.3, -0.25) is 19.3 Å². The number of carbonyl (C=O) groups is 3.